The van der Waals surface area contributed by atoms with Crippen molar-refractivity contribution in [3.8, 4) is 33.8 Å². The van der Waals surface area contributed by atoms with E-state index >= 15 is 0 Å². The summed E-state index contributed by atoms with van der Waals surface area (Å²) >= 11 is 1.74. The molecule has 7 rings (SSSR count). The van der Waals surface area contributed by atoms with Crippen molar-refractivity contribution in [1.29, 1.82) is 0 Å². The first-order valence-electron chi connectivity index (χ1n) is 11.7. The van der Waals surface area contributed by atoms with Crippen LogP contribution in [-0.2, 0) is 0 Å². The fourth-order valence-electron chi connectivity index (χ4n) is 4.84. The largest absolute Gasteiger partial charge is 0.227 e. The van der Waals surface area contributed by atoms with Crippen molar-refractivity contribution in [3.63, 3.8) is 0 Å². The van der Waals surface area contributed by atoms with E-state index in [0.717, 1.165) is 38.4 Å². The number of thiophene rings is 1. The van der Waals surface area contributed by atoms with Gasteiger partial charge in [0.25, 0.3) is 0 Å². The lowest BCUT2D eigenvalue weighted by Gasteiger charge is -2.09. The van der Waals surface area contributed by atoms with Crippen LogP contribution >= 0.6 is 11.3 Å². The first-order chi connectivity index (χ1) is 17.3. The Morgan fingerprint density at radius 3 is 2.00 bits per heavy atom. The van der Waals surface area contributed by atoms with Gasteiger partial charge in [-0.1, -0.05) is 109 Å². The van der Waals surface area contributed by atoms with Gasteiger partial charge in [-0.3, -0.25) is 0 Å². The van der Waals surface area contributed by atoms with Gasteiger partial charge in [-0.25, -0.2) is 9.97 Å². The van der Waals surface area contributed by atoms with Crippen LogP contribution in [0.15, 0.2) is 121 Å². The van der Waals surface area contributed by atoms with E-state index in [-0.39, 0.29) is 0 Å². The molecule has 0 aliphatic carbocycles. The lowest BCUT2D eigenvalue weighted by atomic mass is 10.0. The standard InChI is InChI=1S/C32H20N2S/c1-3-10-21(11-4-1)24-15-9-16-25(20-24)31-33-30(23-13-5-2-6-14-23)29-28-26-17-8-7-12-22(26)18-19-27(28)35-32(29)34-31/h1-20H. The van der Waals surface area contributed by atoms with Crippen LogP contribution in [0.25, 0.3) is 64.8 Å². The molecule has 3 heteroatoms. The van der Waals surface area contributed by atoms with Crippen LogP contribution in [0.4, 0.5) is 0 Å². The summed E-state index contributed by atoms with van der Waals surface area (Å²) in [6, 6.07) is 42.4. The number of aromatic nitrogens is 2. The van der Waals surface area contributed by atoms with Crippen LogP contribution in [-0.4, -0.2) is 9.97 Å². The summed E-state index contributed by atoms with van der Waals surface area (Å²) in [7, 11) is 0. The average Bonchev–Trinajstić information content (AvgIpc) is 3.33. The van der Waals surface area contributed by atoms with Crippen molar-refractivity contribution in [1.82, 2.24) is 9.97 Å². The number of fused-ring (bicyclic) bond motifs is 5. The zero-order valence-corrected chi connectivity index (χ0v) is 19.7. The molecule has 0 bridgehead atoms. The van der Waals surface area contributed by atoms with Crippen LogP contribution in [0.2, 0.25) is 0 Å². The van der Waals surface area contributed by atoms with Crippen LogP contribution in [0.5, 0.6) is 0 Å². The summed E-state index contributed by atoms with van der Waals surface area (Å²) in [6.45, 7) is 0. The van der Waals surface area contributed by atoms with Gasteiger partial charge in [-0.05, 0) is 34.0 Å². The zero-order valence-electron chi connectivity index (χ0n) is 18.8. The van der Waals surface area contributed by atoms with Gasteiger partial charge in [-0.15, -0.1) is 11.3 Å². The quantitative estimate of drug-likeness (QED) is 0.261. The molecule has 0 atom stereocenters. The maximum Gasteiger partial charge on any atom is 0.161 e. The Labute approximate surface area is 207 Å². The van der Waals surface area contributed by atoms with Crippen molar-refractivity contribution < 1.29 is 0 Å². The van der Waals surface area contributed by atoms with E-state index in [1.54, 1.807) is 11.3 Å². The monoisotopic (exact) mass is 464 g/mol. The molecule has 0 aliphatic heterocycles. The Kier molecular flexibility index (Phi) is 4.68. The van der Waals surface area contributed by atoms with E-state index in [9.17, 15) is 0 Å². The van der Waals surface area contributed by atoms with Crippen molar-refractivity contribution >= 4 is 42.4 Å². The Bertz CT molecular complexity index is 1840. The van der Waals surface area contributed by atoms with E-state index in [4.69, 9.17) is 9.97 Å². The maximum absolute atomic E-state index is 5.20. The minimum Gasteiger partial charge on any atom is -0.227 e. The summed E-state index contributed by atoms with van der Waals surface area (Å²) in [4.78, 5) is 11.3. The molecule has 0 saturated heterocycles. The molecule has 2 heterocycles. The highest BCUT2D eigenvalue weighted by Crippen LogP contribution is 2.42. The van der Waals surface area contributed by atoms with Gasteiger partial charge in [0.1, 0.15) is 4.83 Å². The third-order valence-corrected chi connectivity index (χ3v) is 7.55. The third kappa shape index (κ3) is 3.40. The Morgan fingerprint density at radius 1 is 0.486 bits per heavy atom. The number of rotatable bonds is 3. The number of benzene rings is 5. The lowest BCUT2D eigenvalue weighted by Crippen LogP contribution is -1.94. The van der Waals surface area contributed by atoms with Gasteiger partial charge in [0.05, 0.1) is 5.69 Å². The molecule has 0 aliphatic rings. The first kappa shape index (κ1) is 20.1. The predicted octanol–water partition coefficient (Wildman–Crippen LogP) is 9.00. The summed E-state index contributed by atoms with van der Waals surface area (Å²) < 4.78 is 1.24. The molecule has 0 unspecified atom stereocenters. The molecule has 164 valence electrons. The average molecular weight is 465 g/mol. The molecular weight excluding hydrogens is 444 g/mol. The minimum absolute atomic E-state index is 0.755. The van der Waals surface area contributed by atoms with Gasteiger partial charge in [0.15, 0.2) is 5.82 Å². The van der Waals surface area contributed by atoms with E-state index in [1.165, 1.54) is 26.4 Å². The fourth-order valence-corrected chi connectivity index (χ4v) is 5.93. The molecule has 0 spiro atoms. The highest BCUT2D eigenvalue weighted by molar-refractivity contribution is 7.25. The molecule has 35 heavy (non-hydrogen) atoms. The summed E-state index contributed by atoms with van der Waals surface area (Å²) in [5.74, 6) is 0.755. The van der Waals surface area contributed by atoms with Crippen LogP contribution in [0.1, 0.15) is 0 Å². The normalized spacial score (nSPS) is 11.4. The topological polar surface area (TPSA) is 25.8 Å². The molecular formula is C32H20N2S. The summed E-state index contributed by atoms with van der Waals surface area (Å²) in [5, 5.41) is 4.86. The number of nitrogens with zero attached hydrogens (tertiary/aromatic N) is 2. The Hall–Kier alpha value is -4.34. The lowest BCUT2D eigenvalue weighted by molar-refractivity contribution is 1.24. The molecule has 0 fully saturated rings. The molecule has 7 aromatic rings. The Balaban J connectivity index is 1.54. The van der Waals surface area contributed by atoms with Gasteiger partial charge in [0, 0.05) is 26.6 Å². The molecule has 0 radical (unpaired) electrons. The highest BCUT2D eigenvalue weighted by Gasteiger charge is 2.18. The van der Waals surface area contributed by atoms with Crippen LogP contribution in [0.3, 0.4) is 0 Å². The molecule has 2 aromatic heterocycles. The molecule has 2 nitrogen and oxygen atoms in total. The number of hydrogen-bond acceptors (Lipinski definition) is 3. The van der Waals surface area contributed by atoms with E-state index in [1.807, 2.05) is 12.1 Å². The number of hydrogen-bond donors (Lipinski definition) is 0. The second-order valence-electron chi connectivity index (χ2n) is 8.65. The van der Waals surface area contributed by atoms with Crippen LogP contribution in [0, 0.1) is 0 Å². The highest BCUT2D eigenvalue weighted by atomic mass is 32.1. The smallest absolute Gasteiger partial charge is 0.161 e. The SMILES string of the molecule is c1ccc(-c2cccc(-c3nc(-c4ccccc4)c4c(n3)sc3ccc5ccccc5c34)c2)cc1. The summed E-state index contributed by atoms with van der Waals surface area (Å²) in [6.07, 6.45) is 0. The minimum atomic E-state index is 0.755. The first-order valence-corrected chi connectivity index (χ1v) is 12.5. The zero-order chi connectivity index (χ0) is 23.2. The van der Waals surface area contributed by atoms with Crippen molar-refractivity contribution in [2.24, 2.45) is 0 Å². The summed E-state index contributed by atoms with van der Waals surface area (Å²) in [5.41, 5.74) is 5.46. The van der Waals surface area contributed by atoms with Crippen molar-refractivity contribution in [2.75, 3.05) is 0 Å². The van der Waals surface area contributed by atoms with E-state index < -0.39 is 0 Å². The molecule has 0 amide bonds. The van der Waals surface area contributed by atoms with E-state index in [0.29, 0.717) is 0 Å². The molecule has 0 N–H and O–H groups in total. The van der Waals surface area contributed by atoms with Gasteiger partial charge in [0.2, 0.25) is 0 Å². The van der Waals surface area contributed by atoms with Gasteiger partial charge >= 0.3 is 0 Å². The van der Waals surface area contributed by atoms with Crippen LogP contribution < -0.4 is 0 Å². The van der Waals surface area contributed by atoms with Gasteiger partial charge in [-0.2, -0.15) is 0 Å². The second-order valence-corrected chi connectivity index (χ2v) is 9.68. The predicted molar refractivity (Wildman–Crippen MR) is 149 cm³/mol. The van der Waals surface area contributed by atoms with Crippen molar-refractivity contribution in [2.45, 2.75) is 0 Å². The van der Waals surface area contributed by atoms with Crippen molar-refractivity contribution in [3.05, 3.63) is 121 Å². The Morgan fingerprint density at radius 2 is 1.17 bits per heavy atom. The van der Waals surface area contributed by atoms with Gasteiger partial charge < -0.3 is 0 Å². The molecule has 0 saturated carbocycles. The molecule has 5 aromatic carbocycles. The fraction of sp³-hybridized carbons (Fsp3) is 0. The second kappa shape index (κ2) is 8.15. The third-order valence-electron chi connectivity index (χ3n) is 6.50. The van der Waals surface area contributed by atoms with E-state index in [2.05, 4.69) is 109 Å². The maximum atomic E-state index is 5.20.